The summed E-state index contributed by atoms with van der Waals surface area (Å²) in [5.74, 6) is -1.78. The average molecular weight is 454 g/mol. The van der Waals surface area contributed by atoms with Crippen LogP contribution in [0.25, 0.3) is 0 Å². The van der Waals surface area contributed by atoms with Crippen LogP contribution in [-0.4, -0.2) is 23.9 Å². The fourth-order valence-electron chi connectivity index (χ4n) is 2.59. The summed E-state index contributed by atoms with van der Waals surface area (Å²) in [6.07, 6.45) is -0.237. The minimum Gasteiger partial charge on any atom is -0.459 e. The largest absolute Gasteiger partial charge is 0.459 e. The van der Waals surface area contributed by atoms with Gasteiger partial charge in [0.05, 0.1) is 27.4 Å². The fourth-order valence-corrected chi connectivity index (χ4v) is 3.09. The highest BCUT2D eigenvalue weighted by Crippen LogP contribution is 2.33. The van der Waals surface area contributed by atoms with Crippen LogP contribution in [0, 0.1) is 0 Å². The van der Waals surface area contributed by atoms with Gasteiger partial charge >= 0.3 is 5.97 Å². The lowest BCUT2D eigenvalue weighted by molar-refractivity contribution is -0.120. The van der Waals surface area contributed by atoms with Crippen LogP contribution in [0.2, 0.25) is 10.0 Å². The molecule has 0 saturated heterocycles. The molecule has 2 aromatic rings. The molecule has 0 radical (unpaired) electrons. The molecule has 0 aliphatic carbocycles. The van der Waals surface area contributed by atoms with Crippen molar-refractivity contribution in [3.05, 3.63) is 68.8 Å². The van der Waals surface area contributed by atoms with E-state index in [4.69, 9.17) is 39.5 Å². The first kappa shape index (κ1) is 21.2. The van der Waals surface area contributed by atoms with Crippen molar-refractivity contribution in [2.45, 2.75) is 20.0 Å². The van der Waals surface area contributed by atoms with E-state index in [0.717, 1.165) is 4.90 Å². The van der Waals surface area contributed by atoms with Crippen LogP contribution in [0.3, 0.4) is 0 Å². The number of halogens is 3. The highest BCUT2D eigenvalue weighted by atomic mass is 35.5. The first-order valence-corrected chi connectivity index (χ1v) is 9.64. The van der Waals surface area contributed by atoms with Crippen molar-refractivity contribution in [3.63, 3.8) is 0 Å². The fraction of sp³-hybridized carbons (Fsp3) is 0.150. The lowest BCUT2D eigenvalue weighted by Gasteiger charge is -2.15. The van der Waals surface area contributed by atoms with Gasteiger partial charge in [-0.15, -0.1) is 0 Å². The van der Waals surface area contributed by atoms with Gasteiger partial charge in [0.15, 0.2) is 0 Å². The topological polar surface area (TPSA) is 75.7 Å². The Bertz CT molecular complexity index is 1030. The average Bonchev–Trinajstić information content (AvgIpc) is 2.87. The normalized spacial score (nSPS) is 14.1. The van der Waals surface area contributed by atoms with E-state index >= 15 is 0 Å². The Morgan fingerprint density at radius 3 is 2.21 bits per heavy atom. The van der Waals surface area contributed by atoms with Gasteiger partial charge < -0.3 is 10.1 Å². The van der Waals surface area contributed by atoms with Crippen molar-refractivity contribution < 1.29 is 19.1 Å². The predicted octanol–water partition coefficient (Wildman–Crippen LogP) is 4.99. The number of imide groups is 1. The summed E-state index contributed by atoms with van der Waals surface area (Å²) in [4.78, 5) is 38.1. The van der Waals surface area contributed by atoms with Crippen LogP contribution in [0.1, 0.15) is 24.2 Å². The SMILES string of the molecule is CC(C)OC(=O)c1ccc(NC2=C(Cl)C(=O)N(c3ccc(Cl)c(Cl)c3)C2=O)cc1. The van der Waals surface area contributed by atoms with Gasteiger partial charge in [-0.1, -0.05) is 34.8 Å². The molecule has 2 aromatic carbocycles. The van der Waals surface area contributed by atoms with Crippen LogP contribution >= 0.6 is 34.8 Å². The molecule has 2 amide bonds. The minimum absolute atomic E-state index is 0.0831. The smallest absolute Gasteiger partial charge is 0.338 e. The van der Waals surface area contributed by atoms with Crippen LogP contribution in [0.15, 0.2) is 53.2 Å². The van der Waals surface area contributed by atoms with E-state index in [1.807, 2.05) is 0 Å². The van der Waals surface area contributed by atoms with Crippen LogP contribution in [0.4, 0.5) is 11.4 Å². The number of carbonyl (C=O) groups is 3. The molecule has 0 aromatic heterocycles. The van der Waals surface area contributed by atoms with Crippen molar-refractivity contribution in [3.8, 4) is 0 Å². The molecule has 0 saturated carbocycles. The molecule has 9 heteroatoms. The Morgan fingerprint density at radius 2 is 1.62 bits per heavy atom. The molecule has 29 heavy (non-hydrogen) atoms. The molecule has 3 rings (SSSR count). The van der Waals surface area contributed by atoms with Crippen molar-refractivity contribution in [1.29, 1.82) is 0 Å². The van der Waals surface area contributed by atoms with Gasteiger partial charge in [0, 0.05) is 5.69 Å². The highest BCUT2D eigenvalue weighted by Gasteiger charge is 2.39. The van der Waals surface area contributed by atoms with Gasteiger partial charge in [-0.25, -0.2) is 9.69 Å². The predicted molar refractivity (Wildman–Crippen MR) is 112 cm³/mol. The lowest BCUT2D eigenvalue weighted by Crippen LogP contribution is -2.32. The zero-order chi connectivity index (χ0) is 21.3. The van der Waals surface area contributed by atoms with Crippen LogP contribution in [0.5, 0.6) is 0 Å². The molecular weight excluding hydrogens is 439 g/mol. The van der Waals surface area contributed by atoms with E-state index < -0.39 is 17.8 Å². The van der Waals surface area contributed by atoms with E-state index in [0.29, 0.717) is 16.3 Å². The Balaban J connectivity index is 1.80. The Hall–Kier alpha value is -2.54. The third-order valence-electron chi connectivity index (χ3n) is 3.92. The summed E-state index contributed by atoms with van der Waals surface area (Å²) < 4.78 is 5.12. The summed E-state index contributed by atoms with van der Waals surface area (Å²) in [6, 6.07) is 10.6. The summed E-state index contributed by atoms with van der Waals surface area (Å²) in [5, 5.41) is 3.06. The number of ether oxygens (including phenoxy) is 1. The summed E-state index contributed by atoms with van der Waals surface area (Å²) in [7, 11) is 0. The molecule has 1 N–H and O–H groups in total. The maximum Gasteiger partial charge on any atom is 0.338 e. The number of rotatable bonds is 5. The van der Waals surface area contributed by atoms with E-state index in [1.54, 1.807) is 38.1 Å². The number of carbonyl (C=O) groups excluding carboxylic acids is 3. The lowest BCUT2D eigenvalue weighted by atomic mass is 10.2. The second-order valence-corrected chi connectivity index (χ2v) is 7.58. The van der Waals surface area contributed by atoms with E-state index in [2.05, 4.69) is 5.32 Å². The summed E-state index contributed by atoms with van der Waals surface area (Å²) in [5.41, 5.74) is 0.989. The second kappa shape index (κ2) is 8.45. The first-order valence-electron chi connectivity index (χ1n) is 8.50. The number of esters is 1. The van der Waals surface area contributed by atoms with Crippen molar-refractivity contribution in [2.75, 3.05) is 10.2 Å². The molecule has 0 atom stereocenters. The third-order valence-corrected chi connectivity index (χ3v) is 5.01. The minimum atomic E-state index is -0.685. The Labute approximate surface area is 182 Å². The van der Waals surface area contributed by atoms with Crippen molar-refractivity contribution in [2.24, 2.45) is 0 Å². The van der Waals surface area contributed by atoms with Crippen LogP contribution in [-0.2, 0) is 14.3 Å². The molecule has 150 valence electrons. The standard InChI is InChI=1S/C20H15Cl3N2O4/c1-10(2)29-20(28)11-3-5-12(6-4-11)24-17-16(23)18(26)25(19(17)27)13-7-8-14(21)15(22)9-13/h3-10,24H,1-2H3. The highest BCUT2D eigenvalue weighted by molar-refractivity contribution is 6.53. The molecule has 0 spiro atoms. The van der Waals surface area contributed by atoms with E-state index in [9.17, 15) is 14.4 Å². The molecule has 0 unspecified atom stereocenters. The second-order valence-electron chi connectivity index (χ2n) is 6.39. The summed E-state index contributed by atoms with van der Waals surface area (Å²) in [6.45, 7) is 3.51. The molecule has 6 nitrogen and oxygen atoms in total. The molecule has 0 fully saturated rings. The van der Waals surface area contributed by atoms with Crippen molar-refractivity contribution >= 4 is 64.0 Å². The van der Waals surface area contributed by atoms with E-state index in [-0.39, 0.29) is 27.5 Å². The van der Waals surface area contributed by atoms with Gasteiger partial charge in [-0.3, -0.25) is 9.59 Å². The zero-order valence-electron chi connectivity index (χ0n) is 15.3. The van der Waals surface area contributed by atoms with Gasteiger partial charge in [0.25, 0.3) is 11.8 Å². The number of hydrogen-bond donors (Lipinski definition) is 1. The number of nitrogens with zero attached hydrogens (tertiary/aromatic N) is 1. The van der Waals surface area contributed by atoms with Crippen molar-refractivity contribution in [1.82, 2.24) is 0 Å². The number of amides is 2. The number of hydrogen-bond acceptors (Lipinski definition) is 5. The number of nitrogens with one attached hydrogen (secondary N) is 1. The number of anilines is 2. The Morgan fingerprint density at radius 1 is 0.966 bits per heavy atom. The maximum atomic E-state index is 12.8. The van der Waals surface area contributed by atoms with E-state index in [1.165, 1.54) is 18.2 Å². The number of benzene rings is 2. The maximum absolute atomic E-state index is 12.8. The summed E-state index contributed by atoms with van der Waals surface area (Å²) >= 11 is 18.0. The molecule has 0 bridgehead atoms. The monoisotopic (exact) mass is 452 g/mol. The molecule has 1 aliphatic rings. The molecule has 1 heterocycles. The zero-order valence-corrected chi connectivity index (χ0v) is 17.6. The molecular formula is C20H15Cl3N2O4. The third kappa shape index (κ3) is 4.40. The quantitative estimate of drug-likeness (QED) is 0.509. The van der Waals surface area contributed by atoms with Gasteiger partial charge in [0.2, 0.25) is 0 Å². The van der Waals surface area contributed by atoms with Crippen LogP contribution < -0.4 is 10.2 Å². The van der Waals surface area contributed by atoms with Gasteiger partial charge in [-0.05, 0) is 56.3 Å². The van der Waals surface area contributed by atoms with Gasteiger partial charge in [0.1, 0.15) is 10.7 Å². The first-order chi connectivity index (χ1) is 13.7. The Kier molecular flexibility index (Phi) is 6.17. The molecule has 1 aliphatic heterocycles. The van der Waals surface area contributed by atoms with Gasteiger partial charge in [-0.2, -0.15) is 0 Å².